The van der Waals surface area contributed by atoms with Gasteiger partial charge in [-0.3, -0.25) is 0 Å². The molecule has 0 aromatic heterocycles. The van der Waals surface area contributed by atoms with Gasteiger partial charge in [-0.1, -0.05) is 6.92 Å². The van der Waals surface area contributed by atoms with E-state index in [0.717, 1.165) is 6.07 Å². The fourth-order valence-electron chi connectivity index (χ4n) is 1.41. The number of benzene rings is 1. The zero-order chi connectivity index (χ0) is 13.9. The molecule has 0 saturated heterocycles. The summed E-state index contributed by atoms with van der Waals surface area (Å²) in [5, 5.41) is 17.5. The van der Waals surface area contributed by atoms with Gasteiger partial charge in [0.1, 0.15) is 11.3 Å². The average molecular weight is 259 g/mol. The molecule has 0 amide bonds. The van der Waals surface area contributed by atoms with Crippen LogP contribution in [0, 0.1) is 11.3 Å². The minimum Gasteiger partial charge on any atom is -0.478 e. The summed E-state index contributed by atoms with van der Waals surface area (Å²) in [5.41, 5.74) is -0.689. The zero-order valence-corrected chi connectivity index (χ0v) is 9.21. The fraction of sp³-hybridized carbons (Fsp3) is 0.273. The van der Waals surface area contributed by atoms with Crippen LogP contribution in [0.3, 0.4) is 0 Å². The molecule has 0 fully saturated rings. The summed E-state index contributed by atoms with van der Waals surface area (Å²) in [7, 11) is 0. The van der Waals surface area contributed by atoms with E-state index >= 15 is 0 Å². The first-order valence-corrected chi connectivity index (χ1v) is 4.84. The lowest BCUT2D eigenvalue weighted by Crippen LogP contribution is -2.20. The molecular weight excluding hydrogens is 251 g/mol. The van der Waals surface area contributed by atoms with E-state index in [1.807, 2.05) is 0 Å². The Bertz CT molecular complexity index is 517. The van der Waals surface area contributed by atoms with Gasteiger partial charge in [0.15, 0.2) is 0 Å². The molecule has 1 aromatic rings. The summed E-state index contributed by atoms with van der Waals surface area (Å²) in [4.78, 5) is 10.9. The van der Waals surface area contributed by atoms with Gasteiger partial charge in [-0.25, -0.2) is 4.79 Å². The van der Waals surface area contributed by atoms with Crippen molar-refractivity contribution in [2.24, 2.45) is 0 Å². The van der Waals surface area contributed by atoms with Gasteiger partial charge in [0, 0.05) is 0 Å². The minimum atomic E-state index is -4.98. The molecule has 4 nitrogen and oxygen atoms in total. The van der Waals surface area contributed by atoms with E-state index in [0.29, 0.717) is 0 Å². The first kappa shape index (κ1) is 13.8. The van der Waals surface area contributed by atoms with E-state index in [9.17, 15) is 18.0 Å². The maximum absolute atomic E-state index is 12.2. The highest BCUT2D eigenvalue weighted by Gasteiger charge is 2.34. The van der Waals surface area contributed by atoms with Gasteiger partial charge >= 0.3 is 12.3 Å². The van der Waals surface area contributed by atoms with E-state index in [1.165, 1.54) is 13.0 Å². The van der Waals surface area contributed by atoms with Crippen LogP contribution < -0.4 is 4.74 Å². The Balaban J connectivity index is 3.45. The molecular formula is C11H8F3NO3. The quantitative estimate of drug-likeness (QED) is 0.905. The smallest absolute Gasteiger partial charge is 0.478 e. The van der Waals surface area contributed by atoms with Crippen LogP contribution in [-0.4, -0.2) is 17.4 Å². The van der Waals surface area contributed by atoms with Crippen LogP contribution >= 0.6 is 0 Å². The standard InChI is InChI=1S/C11H8F3NO3/c1-2-7-3-6(5-15)4-8(10(16)17)9(7)18-11(12,13)14/h3-4H,2H2,1H3,(H,16,17). The van der Waals surface area contributed by atoms with Crippen molar-refractivity contribution in [1.29, 1.82) is 5.26 Å². The van der Waals surface area contributed by atoms with Crippen LogP contribution in [0.2, 0.25) is 0 Å². The highest BCUT2D eigenvalue weighted by Crippen LogP contribution is 2.31. The second kappa shape index (κ2) is 4.96. The molecule has 0 bridgehead atoms. The van der Waals surface area contributed by atoms with Gasteiger partial charge < -0.3 is 9.84 Å². The predicted octanol–water partition coefficient (Wildman–Crippen LogP) is 2.72. The van der Waals surface area contributed by atoms with Gasteiger partial charge in [-0.05, 0) is 24.1 Å². The second-order valence-electron chi connectivity index (χ2n) is 3.33. The molecule has 0 heterocycles. The number of nitriles is 1. The Kier molecular flexibility index (Phi) is 3.81. The number of aromatic carboxylic acids is 1. The first-order chi connectivity index (χ1) is 8.28. The number of alkyl halides is 3. The summed E-state index contributed by atoms with van der Waals surface area (Å²) in [6.07, 6.45) is -4.87. The molecule has 0 unspecified atom stereocenters. The summed E-state index contributed by atoms with van der Waals surface area (Å²) in [6.45, 7) is 1.53. The highest BCUT2D eigenvalue weighted by atomic mass is 19.4. The van der Waals surface area contributed by atoms with Gasteiger partial charge in [-0.15, -0.1) is 13.2 Å². The topological polar surface area (TPSA) is 70.3 Å². The van der Waals surface area contributed by atoms with Crippen molar-refractivity contribution in [3.8, 4) is 11.8 Å². The molecule has 0 saturated carbocycles. The number of halogens is 3. The number of rotatable bonds is 3. The molecule has 1 N–H and O–H groups in total. The zero-order valence-electron chi connectivity index (χ0n) is 9.21. The monoisotopic (exact) mass is 259 g/mol. The lowest BCUT2D eigenvalue weighted by atomic mass is 10.0. The van der Waals surface area contributed by atoms with Crippen molar-refractivity contribution in [2.45, 2.75) is 19.7 Å². The number of hydrogen-bond acceptors (Lipinski definition) is 3. The Labute approximate surface area is 100 Å². The van der Waals surface area contributed by atoms with Crippen LogP contribution in [0.1, 0.15) is 28.4 Å². The van der Waals surface area contributed by atoms with Crippen LogP contribution in [0.4, 0.5) is 13.2 Å². The van der Waals surface area contributed by atoms with Gasteiger partial charge in [-0.2, -0.15) is 5.26 Å². The molecule has 96 valence electrons. The van der Waals surface area contributed by atoms with Crippen molar-refractivity contribution < 1.29 is 27.8 Å². The molecule has 0 aliphatic heterocycles. The van der Waals surface area contributed by atoms with Gasteiger partial charge in [0.2, 0.25) is 0 Å². The Hall–Kier alpha value is -2.23. The predicted molar refractivity (Wildman–Crippen MR) is 54.2 cm³/mol. The SMILES string of the molecule is CCc1cc(C#N)cc(C(=O)O)c1OC(F)(F)F. The lowest BCUT2D eigenvalue weighted by molar-refractivity contribution is -0.275. The van der Waals surface area contributed by atoms with E-state index in [2.05, 4.69) is 4.74 Å². The second-order valence-corrected chi connectivity index (χ2v) is 3.33. The maximum atomic E-state index is 12.2. The summed E-state index contributed by atoms with van der Waals surface area (Å²) < 4.78 is 40.3. The molecule has 1 aromatic carbocycles. The number of nitrogens with zero attached hydrogens (tertiary/aromatic N) is 1. The molecule has 0 spiro atoms. The third-order valence-electron chi connectivity index (χ3n) is 2.12. The summed E-state index contributed by atoms with van der Waals surface area (Å²) in [6, 6.07) is 3.71. The molecule has 0 radical (unpaired) electrons. The number of carboxylic acids is 1. The van der Waals surface area contributed by atoms with Crippen LogP contribution in [0.5, 0.6) is 5.75 Å². The number of ether oxygens (including phenoxy) is 1. The van der Waals surface area contributed by atoms with Crippen molar-refractivity contribution >= 4 is 5.97 Å². The Morgan fingerprint density at radius 3 is 2.50 bits per heavy atom. The third-order valence-corrected chi connectivity index (χ3v) is 2.12. The van der Waals surface area contributed by atoms with E-state index < -0.39 is 23.6 Å². The molecule has 0 aliphatic rings. The number of carboxylic acid groups (broad SMARTS) is 1. The molecule has 18 heavy (non-hydrogen) atoms. The fourth-order valence-corrected chi connectivity index (χ4v) is 1.41. The summed E-state index contributed by atoms with van der Waals surface area (Å²) in [5.74, 6) is -2.35. The Morgan fingerprint density at radius 2 is 2.11 bits per heavy atom. The number of aryl methyl sites for hydroxylation is 1. The highest BCUT2D eigenvalue weighted by molar-refractivity contribution is 5.92. The Morgan fingerprint density at radius 1 is 1.50 bits per heavy atom. The van der Waals surface area contributed by atoms with Crippen molar-refractivity contribution in [3.05, 3.63) is 28.8 Å². The largest absolute Gasteiger partial charge is 0.573 e. The third kappa shape index (κ3) is 3.13. The van der Waals surface area contributed by atoms with Crippen molar-refractivity contribution in [3.63, 3.8) is 0 Å². The number of carbonyl (C=O) groups is 1. The molecule has 0 atom stereocenters. The van der Waals surface area contributed by atoms with Crippen LogP contribution in [0.25, 0.3) is 0 Å². The van der Waals surface area contributed by atoms with E-state index in [-0.39, 0.29) is 17.5 Å². The normalized spacial score (nSPS) is 10.8. The first-order valence-electron chi connectivity index (χ1n) is 4.84. The molecule has 7 heteroatoms. The minimum absolute atomic E-state index is 0.0174. The van der Waals surface area contributed by atoms with Gasteiger partial charge in [0.05, 0.1) is 11.6 Å². The average Bonchev–Trinajstić information content (AvgIpc) is 2.26. The van der Waals surface area contributed by atoms with E-state index in [1.54, 1.807) is 6.07 Å². The number of hydrogen-bond donors (Lipinski definition) is 1. The van der Waals surface area contributed by atoms with Crippen LogP contribution in [-0.2, 0) is 6.42 Å². The molecule has 0 aliphatic carbocycles. The summed E-state index contributed by atoms with van der Waals surface area (Å²) >= 11 is 0. The maximum Gasteiger partial charge on any atom is 0.573 e. The van der Waals surface area contributed by atoms with Crippen molar-refractivity contribution in [1.82, 2.24) is 0 Å². The lowest BCUT2D eigenvalue weighted by Gasteiger charge is -2.15. The van der Waals surface area contributed by atoms with E-state index in [4.69, 9.17) is 10.4 Å². The van der Waals surface area contributed by atoms with Crippen molar-refractivity contribution in [2.75, 3.05) is 0 Å². The molecule has 1 rings (SSSR count). The van der Waals surface area contributed by atoms with Crippen LogP contribution in [0.15, 0.2) is 12.1 Å². The van der Waals surface area contributed by atoms with Gasteiger partial charge in [0.25, 0.3) is 0 Å².